The van der Waals surface area contributed by atoms with E-state index < -0.39 is 5.41 Å². The molecule has 6 nitrogen and oxygen atoms in total. The third-order valence-corrected chi connectivity index (χ3v) is 9.05. The number of hydrogen-bond donors (Lipinski definition) is 1. The number of ether oxygens (including phenoxy) is 1. The molecule has 202 valence electrons. The van der Waals surface area contributed by atoms with Crippen LogP contribution in [0.15, 0.2) is 48.7 Å². The van der Waals surface area contributed by atoms with Crippen LogP contribution in [0.3, 0.4) is 0 Å². The van der Waals surface area contributed by atoms with Gasteiger partial charge in [0.25, 0.3) is 0 Å². The Labute approximate surface area is 224 Å². The minimum Gasteiger partial charge on any atom is -0.461 e. The molecular weight excluding hydrogens is 481 g/mol. The zero-order valence-corrected chi connectivity index (χ0v) is 22.5. The predicted molar refractivity (Wildman–Crippen MR) is 145 cm³/mol. The van der Waals surface area contributed by atoms with E-state index in [2.05, 4.69) is 35.1 Å². The fraction of sp³-hybridized carbons (Fsp3) is 0.516. The highest BCUT2D eigenvalue weighted by atomic mass is 19.1. The zero-order chi connectivity index (χ0) is 26.9. The molecule has 0 spiro atoms. The molecule has 1 aromatic carbocycles. The molecule has 1 N–H and O–H groups in total. The Morgan fingerprint density at radius 1 is 1.18 bits per heavy atom. The van der Waals surface area contributed by atoms with Crippen molar-refractivity contribution in [3.63, 3.8) is 0 Å². The highest BCUT2D eigenvalue weighted by molar-refractivity contribution is 6.04. The van der Waals surface area contributed by atoms with Crippen molar-refractivity contribution in [1.29, 1.82) is 0 Å². The molecule has 1 saturated carbocycles. The lowest BCUT2D eigenvalue weighted by atomic mass is 9.54. The van der Waals surface area contributed by atoms with E-state index in [1.807, 2.05) is 31.2 Å². The van der Waals surface area contributed by atoms with Crippen LogP contribution in [0, 0.1) is 34.9 Å². The number of esters is 1. The number of aromatic nitrogens is 1. The number of likely N-dealkylation sites (tertiary alicyclic amines) is 1. The summed E-state index contributed by atoms with van der Waals surface area (Å²) >= 11 is 0. The van der Waals surface area contributed by atoms with Gasteiger partial charge in [0.15, 0.2) is 5.41 Å². The normalized spacial score (nSPS) is 31.4. The van der Waals surface area contributed by atoms with Crippen LogP contribution < -0.4 is 5.32 Å². The second-order valence-corrected chi connectivity index (χ2v) is 11.4. The van der Waals surface area contributed by atoms with Gasteiger partial charge in [-0.2, -0.15) is 0 Å². The summed E-state index contributed by atoms with van der Waals surface area (Å²) in [7, 11) is 0. The largest absolute Gasteiger partial charge is 0.461 e. The highest BCUT2D eigenvalue weighted by Gasteiger charge is 2.66. The van der Waals surface area contributed by atoms with E-state index in [0.717, 1.165) is 36.5 Å². The van der Waals surface area contributed by atoms with Gasteiger partial charge in [0.1, 0.15) is 11.9 Å². The summed E-state index contributed by atoms with van der Waals surface area (Å²) in [5, 5.41) is 3.10. The Balaban J connectivity index is 1.35. The van der Waals surface area contributed by atoms with Crippen LogP contribution in [0.25, 0.3) is 17.2 Å². The number of fused-ring (bicyclic) bond motifs is 1. The maximum Gasteiger partial charge on any atom is 0.322 e. The van der Waals surface area contributed by atoms with Gasteiger partial charge in [-0.3, -0.25) is 14.6 Å². The quantitative estimate of drug-likeness (QED) is 0.414. The maximum atomic E-state index is 13.7. The van der Waals surface area contributed by atoms with Crippen molar-refractivity contribution in [2.45, 2.75) is 46.1 Å². The molecule has 1 amide bonds. The van der Waals surface area contributed by atoms with Crippen LogP contribution in [0.1, 0.15) is 45.7 Å². The Hall–Kier alpha value is -3.06. The van der Waals surface area contributed by atoms with Crippen molar-refractivity contribution >= 4 is 18.0 Å². The van der Waals surface area contributed by atoms with E-state index in [0.29, 0.717) is 13.0 Å². The second kappa shape index (κ2) is 11.0. The van der Waals surface area contributed by atoms with Crippen LogP contribution >= 0.6 is 0 Å². The van der Waals surface area contributed by atoms with Gasteiger partial charge < -0.3 is 15.0 Å². The van der Waals surface area contributed by atoms with Gasteiger partial charge >= 0.3 is 5.97 Å². The molecule has 5 rings (SSSR count). The summed E-state index contributed by atoms with van der Waals surface area (Å²) in [4.78, 5) is 33.9. The van der Waals surface area contributed by atoms with Crippen molar-refractivity contribution in [3.8, 4) is 11.1 Å². The predicted octanol–water partition coefficient (Wildman–Crippen LogP) is 4.95. The second-order valence-electron chi connectivity index (χ2n) is 11.4. The van der Waals surface area contributed by atoms with Gasteiger partial charge in [-0.25, -0.2) is 4.39 Å². The Bertz CT molecular complexity index is 1190. The van der Waals surface area contributed by atoms with E-state index in [4.69, 9.17) is 4.74 Å². The van der Waals surface area contributed by atoms with E-state index in [1.54, 1.807) is 12.3 Å². The van der Waals surface area contributed by atoms with Gasteiger partial charge in [0, 0.05) is 30.8 Å². The molecule has 1 aliphatic carbocycles. The van der Waals surface area contributed by atoms with Gasteiger partial charge in [0.05, 0.1) is 5.69 Å². The summed E-state index contributed by atoms with van der Waals surface area (Å²) in [6.45, 7) is 9.74. The van der Waals surface area contributed by atoms with Crippen molar-refractivity contribution < 1.29 is 18.7 Å². The minimum atomic E-state index is -1.17. The minimum absolute atomic E-state index is 0.0192. The Kier molecular flexibility index (Phi) is 7.66. The smallest absolute Gasteiger partial charge is 0.322 e. The molecule has 7 heteroatoms. The number of halogens is 1. The summed E-state index contributed by atoms with van der Waals surface area (Å²) in [5.74, 6) is -0.672. The van der Waals surface area contributed by atoms with Crippen molar-refractivity contribution in [3.05, 3.63) is 60.2 Å². The molecular formula is C31H38FN3O3. The number of rotatable bonds is 7. The Morgan fingerprint density at radius 2 is 1.97 bits per heavy atom. The first-order valence-electron chi connectivity index (χ1n) is 13.9. The fourth-order valence-electron chi connectivity index (χ4n) is 6.82. The Morgan fingerprint density at radius 3 is 2.68 bits per heavy atom. The molecule has 3 fully saturated rings. The number of nitrogens with zero attached hydrogens (tertiary/aromatic N) is 2. The monoisotopic (exact) mass is 519 g/mol. The first kappa shape index (κ1) is 26.5. The number of carbonyl (C=O) groups is 2. The SMILES string of the molecule is CC1C[C@@]2(C(=O)NCCN3CCCC3)C(=O)OC(C)C2C(/C=C/c2ccc(-c3cccc(F)c3)cn2)C1C. The van der Waals surface area contributed by atoms with Gasteiger partial charge in [-0.05, 0) is 86.9 Å². The molecule has 2 aliphatic heterocycles. The molecule has 0 radical (unpaired) electrons. The molecule has 2 aromatic rings. The summed E-state index contributed by atoms with van der Waals surface area (Å²) in [6, 6.07) is 10.3. The average molecular weight is 520 g/mol. The lowest BCUT2D eigenvalue weighted by molar-refractivity contribution is -0.157. The fourth-order valence-corrected chi connectivity index (χ4v) is 6.82. The lowest BCUT2D eigenvalue weighted by Gasteiger charge is -2.46. The molecule has 2 saturated heterocycles. The van der Waals surface area contributed by atoms with Crippen LogP contribution in [-0.2, 0) is 14.3 Å². The van der Waals surface area contributed by atoms with E-state index in [9.17, 15) is 14.0 Å². The first-order valence-corrected chi connectivity index (χ1v) is 13.9. The number of cyclic esters (lactones) is 1. The molecule has 3 aliphatic rings. The average Bonchev–Trinajstić information content (AvgIpc) is 3.51. The van der Waals surface area contributed by atoms with E-state index in [1.165, 1.54) is 25.0 Å². The van der Waals surface area contributed by atoms with Crippen LogP contribution in [-0.4, -0.2) is 54.0 Å². The third kappa shape index (κ3) is 5.00. The summed E-state index contributed by atoms with van der Waals surface area (Å²) in [5.41, 5.74) is 1.22. The first-order chi connectivity index (χ1) is 18.3. The molecule has 38 heavy (non-hydrogen) atoms. The van der Waals surface area contributed by atoms with E-state index in [-0.39, 0.29) is 47.5 Å². The molecule has 1 aromatic heterocycles. The standard InChI is InChI=1S/C31H38FN3O3/c1-20-18-31(29(36)33-13-16-35-14-4-5-15-35)28(22(3)38-30(31)37)27(21(20)2)12-11-26-10-9-24(19-34-26)23-7-6-8-25(32)17-23/h6-12,17,19-22,27-28H,4-5,13-16,18H2,1-3H3,(H,33,36)/b12-11+/t20?,21?,22?,27?,28?,31-/m1/s1. The van der Waals surface area contributed by atoms with Crippen molar-refractivity contribution in [2.75, 3.05) is 26.2 Å². The highest BCUT2D eigenvalue weighted by Crippen LogP contribution is 2.56. The van der Waals surface area contributed by atoms with Crippen LogP contribution in [0.4, 0.5) is 4.39 Å². The number of allylic oxidation sites excluding steroid dienone is 1. The van der Waals surface area contributed by atoms with Crippen LogP contribution in [0.2, 0.25) is 0 Å². The van der Waals surface area contributed by atoms with Crippen LogP contribution in [0.5, 0.6) is 0 Å². The van der Waals surface area contributed by atoms with Crippen molar-refractivity contribution in [1.82, 2.24) is 15.2 Å². The summed E-state index contributed by atoms with van der Waals surface area (Å²) in [6.07, 6.45) is 8.39. The van der Waals surface area contributed by atoms with E-state index >= 15 is 0 Å². The zero-order valence-electron chi connectivity index (χ0n) is 22.5. The van der Waals surface area contributed by atoms with Gasteiger partial charge in [-0.1, -0.05) is 38.1 Å². The van der Waals surface area contributed by atoms with Crippen molar-refractivity contribution in [2.24, 2.45) is 29.1 Å². The topological polar surface area (TPSA) is 71.5 Å². The number of hydrogen-bond acceptors (Lipinski definition) is 5. The lowest BCUT2D eigenvalue weighted by Crippen LogP contribution is -2.56. The number of benzene rings is 1. The number of carbonyl (C=O) groups excluding carboxylic acids is 2. The maximum absolute atomic E-state index is 13.7. The molecule has 5 unspecified atom stereocenters. The molecule has 0 bridgehead atoms. The van der Waals surface area contributed by atoms with Gasteiger partial charge in [0.2, 0.25) is 5.91 Å². The molecule has 6 atom stereocenters. The molecule has 3 heterocycles. The number of nitrogens with one attached hydrogen (secondary N) is 1. The number of amides is 1. The van der Waals surface area contributed by atoms with Gasteiger partial charge in [-0.15, -0.1) is 0 Å². The third-order valence-electron chi connectivity index (χ3n) is 9.05. The number of pyridine rings is 1. The summed E-state index contributed by atoms with van der Waals surface area (Å²) < 4.78 is 19.4.